The highest BCUT2D eigenvalue weighted by Gasteiger charge is 2.35. The maximum absolute atomic E-state index is 14.7. The van der Waals surface area contributed by atoms with Crippen molar-refractivity contribution in [3.8, 4) is 0 Å². The zero-order valence-electron chi connectivity index (χ0n) is 20.7. The number of nitrogens with zero attached hydrogens (tertiary/aromatic N) is 4. The average Bonchev–Trinajstić information content (AvgIpc) is 3.36. The molecule has 1 saturated heterocycles. The van der Waals surface area contributed by atoms with Crippen molar-refractivity contribution in [1.82, 2.24) is 25.2 Å². The Bertz CT molecular complexity index is 1220. The zero-order chi connectivity index (χ0) is 25.7. The molecule has 0 saturated carbocycles. The summed E-state index contributed by atoms with van der Waals surface area (Å²) in [6.45, 7) is 6.10. The normalized spacial score (nSPS) is 16.1. The van der Waals surface area contributed by atoms with E-state index in [-0.39, 0.29) is 24.3 Å². The van der Waals surface area contributed by atoms with Gasteiger partial charge < -0.3 is 15.5 Å². The Kier molecular flexibility index (Phi) is 7.87. The van der Waals surface area contributed by atoms with E-state index in [4.69, 9.17) is 0 Å². The second-order valence-electron chi connectivity index (χ2n) is 9.21. The molecule has 0 aliphatic carbocycles. The minimum Gasteiger partial charge on any atom is -0.361 e. The number of aryl methyl sites for hydroxylation is 1. The second kappa shape index (κ2) is 11.2. The van der Waals surface area contributed by atoms with E-state index in [1.807, 2.05) is 44.2 Å². The van der Waals surface area contributed by atoms with Crippen molar-refractivity contribution in [2.45, 2.75) is 51.6 Å². The van der Waals surface area contributed by atoms with Crippen LogP contribution in [-0.2, 0) is 9.59 Å². The average molecular weight is 491 g/mol. The molecule has 1 aliphatic rings. The van der Waals surface area contributed by atoms with Crippen LogP contribution in [0.15, 0.2) is 54.7 Å². The summed E-state index contributed by atoms with van der Waals surface area (Å²) in [6, 6.07) is 13.2. The molecule has 0 bridgehead atoms. The van der Waals surface area contributed by atoms with Crippen molar-refractivity contribution >= 4 is 17.6 Å². The van der Waals surface area contributed by atoms with Gasteiger partial charge in [-0.1, -0.05) is 50.2 Å². The molecule has 1 fully saturated rings. The number of nitrogens with one attached hydrogen (secondary N) is 2. The highest BCUT2D eigenvalue weighted by molar-refractivity contribution is 5.90. The van der Waals surface area contributed by atoms with E-state index in [2.05, 4.69) is 25.6 Å². The van der Waals surface area contributed by atoms with E-state index in [9.17, 15) is 14.0 Å². The number of benzene rings is 1. The number of hydrogen-bond acceptors (Lipinski definition) is 6. The van der Waals surface area contributed by atoms with E-state index in [0.717, 1.165) is 12.0 Å². The van der Waals surface area contributed by atoms with Crippen molar-refractivity contribution in [2.75, 3.05) is 18.4 Å². The van der Waals surface area contributed by atoms with Crippen molar-refractivity contribution in [3.63, 3.8) is 0 Å². The van der Waals surface area contributed by atoms with Crippen LogP contribution in [0.25, 0.3) is 0 Å². The molecule has 188 valence electrons. The fourth-order valence-corrected chi connectivity index (χ4v) is 4.42. The standard InChI is InChI=1S/C27H31FN6O2/c1-17(2)20-11-12-21(32-26(20)28)25(19-8-5-4-6-9-19)33-27(36)22-10-7-15-34(22)24(35)16-30-23-13-14-29-18(3)31-23/h4-6,8-9,11-14,17,22,25H,7,10,15-16H2,1-3H3,(H,33,36)(H,29,30,31)/t22-,25-/m0/s1. The Morgan fingerprint density at radius 1 is 1.11 bits per heavy atom. The summed E-state index contributed by atoms with van der Waals surface area (Å²) in [5.41, 5.74) is 1.72. The van der Waals surface area contributed by atoms with Crippen LogP contribution in [-0.4, -0.2) is 50.8 Å². The van der Waals surface area contributed by atoms with Gasteiger partial charge >= 0.3 is 0 Å². The van der Waals surface area contributed by atoms with Crippen LogP contribution in [0.5, 0.6) is 0 Å². The molecule has 2 amide bonds. The van der Waals surface area contributed by atoms with Crippen LogP contribution in [0.3, 0.4) is 0 Å². The molecule has 0 radical (unpaired) electrons. The van der Waals surface area contributed by atoms with Crippen LogP contribution in [0.2, 0.25) is 0 Å². The SMILES string of the molecule is Cc1nccc(NCC(=O)N2CCC[C@H]2C(=O)N[C@@H](c2ccccc2)c2ccc(C(C)C)c(F)n2)n1. The number of amides is 2. The Morgan fingerprint density at radius 2 is 1.89 bits per heavy atom. The van der Waals surface area contributed by atoms with Crippen LogP contribution < -0.4 is 10.6 Å². The van der Waals surface area contributed by atoms with E-state index in [1.54, 1.807) is 36.2 Å². The van der Waals surface area contributed by atoms with Gasteiger partial charge in [0.05, 0.1) is 18.3 Å². The van der Waals surface area contributed by atoms with Crippen LogP contribution in [0.1, 0.15) is 61.3 Å². The van der Waals surface area contributed by atoms with Crippen LogP contribution >= 0.6 is 0 Å². The molecule has 36 heavy (non-hydrogen) atoms. The summed E-state index contributed by atoms with van der Waals surface area (Å²) in [5.74, 6) is 0.131. The van der Waals surface area contributed by atoms with Crippen molar-refractivity contribution in [2.24, 2.45) is 0 Å². The molecule has 2 aromatic heterocycles. The molecule has 1 aromatic carbocycles. The Morgan fingerprint density at radius 3 is 2.58 bits per heavy atom. The molecule has 2 atom stereocenters. The van der Waals surface area contributed by atoms with Gasteiger partial charge in [0.1, 0.15) is 17.7 Å². The van der Waals surface area contributed by atoms with Gasteiger partial charge in [0.25, 0.3) is 0 Å². The van der Waals surface area contributed by atoms with Gasteiger partial charge in [-0.15, -0.1) is 0 Å². The Balaban J connectivity index is 1.50. The summed E-state index contributed by atoms with van der Waals surface area (Å²) in [7, 11) is 0. The lowest BCUT2D eigenvalue weighted by molar-refractivity contribution is -0.137. The molecular formula is C27H31FN6O2. The summed E-state index contributed by atoms with van der Waals surface area (Å²) in [5, 5.41) is 6.04. The molecular weight excluding hydrogens is 459 g/mol. The largest absolute Gasteiger partial charge is 0.361 e. The summed E-state index contributed by atoms with van der Waals surface area (Å²) in [4.78, 5) is 40.5. The van der Waals surface area contributed by atoms with Gasteiger partial charge in [0.2, 0.25) is 17.8 Å². The number of halogens is 1. The van der Waals surface area contributed by atoms with Crippen molar-refractivity contribution < 1.29 is 14.0 Å². The predicted octanol–water partition coefficient (Wildman–Crippen LogP) is 3.75. The van der Waals surface area contributed by atoms with Gasteiger partial charge in [-0.25, -0.2) is 15.0 Å². The van der Waals surface area contributed by atoms with Gasteiger partial charge in [0, 0.05) is 18.3 Å². The smallest absolute Gasteiger partial charge is 0.243 e. The molecule has 2 N–H and O–H groups in total. The predicted molar refractivity (Wildman–Crippen MR) is 135 cm³/mol. The number of aromatic nitrogens is 3. The fourth-order valence-electron chi connectivity index (χ4n) is 4.42. The molecule has 1 aliphatic heterocycles. The summed E-state index contributed by atoms with van der Waals surface area (Å²) in [6.07, 6.45) is 2.90. The number of carbonyl (C=O) groups excluding carboxylic acids is 2. The molecule has 0 spiro atoms. The number of likely N-dealkylation sites (tertiary alicyclic amines) is 1. The van der Waals surface area contributed by atoms with E-state index >= 15 is 0 Å². The number of rotatable bonds is 8. The first-order valence-corrected chi connectivity index (χ1v) is 12.2. The molecule has 4 rings (SSSR count). The number of pyridine rings is 1. The quantitative estimate of drug-likeness (QED) is 0.467. The summed E-state index contributed by atoms with van der Waals surface area (Å²) < 4.78 is 14.7. The van der Waals surface area contributed by atoms with Gasteiger partial charge in [-0.2, -0.15) is 4.39 Å². The van der Waals surface area contributed by atoms with Crippen molar-refractivity contribution in [1.29, 1.82) is 0 Å². The number of carbonyl (C=O) groups is 2. The third-order valence-corrected chi connectivity index (χ3v) is 6.31. The summed E-state index contributed by atoms with van der Waals surface area (Å²) >= 11 is 0. The molecule has 9 heteroatoms. The Hall–Kier alpha value is -3.88. The first-order valence-electron chi connectivity index (χ1n) is 12.2. The lowest BCUT2D eigenvalue weighted by atomic mass is 9.99. The molecule has 3 aromatic rings. The maximum atomic E-state index is 14.7. The van der Waals surface area contributed by atoms with Crippen LogP contribution in [0.4, 0.5) is 10.2 Å². The lowest BCUT2D eigenvalue weighted by Crippen LogP contribution is -2.48. The van der Waals surface area contributed by atoms with Gasteiger partial charge in [-0.05, 0) is 43.4 Å². The topological polar surface area (TPSA) is 100 Å². The zero-order valence-corrected chi connectivity index (χ0v) is 20.7. The minimum atomic E-state index is -0.644. The van der Waals surface area contributed by atoms with E-state index in [1.165, 1.54) is 0 Å². The van der Waals surface area contributed by atoms with Crippen LogP contribution in [0, 0.1) is 12.9 Å². The monoisotopic (exact) mass is 490 g/mol. The van der Waals surface area contributed by atoms with E-state index < -0.39 is 18.0 Å². The second-order valence-corrected chi connectivity index (χ2v) is 9.21. The highest BCUT2D eigenvalue weighted by Crippen LogP contribution is 2.26. The first-order chi connectivity index (χ1) is 17.3. The fraction of sp³-hybridized carbons (Fsp3) is 0.370. The van der Waals surface area contributed by atoms with Crippen molar-refractivity contribution in [3.05, 3.63) is 83.3 Å². The minimum absolute atomic E-state index is 0.00532. The van der Waals surface area contributed by atoms with E-state index in [0.29, 0.717) is 35.9 Å². The highest BCUT2D eigenvalue weighted by atomic mass is 19.1. The number of anilines is 1. The Labute approximate surface area is 210 Å². The maximum Gasteiger partial charge on any atom is 0.243 e. The van der Waals surface area contributed by atoms with Gasteiger partial charge in [0.15, 0.2) is 0 Å². The lowest BCUT2D eigenvalue weighted by Gasteiger charge is -2.27. The molecule has 8 nitrogen and oxygen atoms in total. The first kappa shape index (κ1) is 25.2. The third kappa shape index (κ3) is 5.84. The third-order valence-electron chi connectivity index (χ3n) is 6.31. The number of hydrogen-bond donors (Lipinski definition) is 2. The molecule has 0 unspecified atom stereocenters. The van der Waals surface area contributed by atoms with Gasteiger partial charge in [-0.3, -0.25) is 9.59 Å². The molecule has 3 heterocycles.